The topological polar surface area (TPSA) is 29.1 Å². The summed E-state index contributed by atoms with van der Waals surface area (Å²) in [6.45, 7) is 1.63. The summed E-state index contributed by atoms with van der Waals surface area (Å²) in [4.78, 5) is 11.7. The van der Waals surface area contributed by atoms with E-state index in [0.29, 0.717) is 5.92 Å². The lowest BCUT2D eigenvalue weighted by Crippen LogP contribution is -2.33. The molecule has 2 aromatic carbocycles. The van der Waals surface area contributed by atoms with Crippen molar-refractivity contribution in [2.75, 3.05) is 0 Å². The fraction of sp³-hybridized carbons (Fsp3) is 0.421. The monoisotopic (exact) mass is 281 g/mol. The number of carbonyl (C=O) groups is 1. The Labute approximate surface area is 126 Å². The van der Waals surface area contributed by atoms with E-state index >= 15 is 0 Å². The molecule has 1 atom stereocenters. The largest absolute Gasteiger partial charge is 0.349 e. The maximum absolute atomic E-state index is 11.7. The van der Waals surface area contributed by atoms with Crippen molar-refractivity contribution >= 4 is 16.7 Å². The molecule has 1 aliphatic carbocycles. The van der Waals surface area contributed by atoms with Gasteiger partial charge in [0.2, 0.25) is 5.91 Å². The summed E-state index contributed by atoms with van der Waals surface area (Å²) in [5.41, 5.74) is 1.27. The van der Waals surface area contributed by atoms with E-state index in [1.807, 2.05) is 0 Å². The number of amides is 1. The van der Waals surface area contributed by atoms with Gasteiger partial charge in [0, 0.05) is 6.92 Å². The van der Waals surface area contributed by atoms with Gasteiger partial charge in [-0.3, -0.25) is 4.79 Å². The summed E-state index contributed by atoms with van der Waals surface area (Å²) in [5, 5.41) is 5.74. The highest BCUT2D eigenvalue weighted by Gasteiger charge is 2.26. The van der Waals surface area contributed by atoms with Gasteiger partial charge < -0.3 is 5.32 Å². The average Bonchev–Trinajstić information content (AvgIpc) is 2.53. The first-order valence-electron chi connectivity index (χ1n) is 8.00. The number of rotatable bonds is 3. The standard InChI is InChI=1S/C19H23NO/c1-14(21)20-19(16-9-3-2-4-10-16)18-13-7-11-15-8-5-6-12-17(15)18/h5-8,11-13,16,19H,2-4,9-10H2,1H3,(H,20,21). The molecule has 0 radical (unpaired) electrons. The molecule has 21 heavy (non-hydrogen) atoms. The summed E-state index contributed by atoms with van der Waals surface area (Å²) < 4.78 is 0. The van der Waals surface area contributed by atoms with Crippen LogP contribution in [0.3, 0.4) is 0 Å². The zero-order valence-corrected chi connectivity index (χ0v) is 12.6. The molecular formula is C19H23NO. The van der Waals surface area contributed by atoms with Crippen LogP contribution in [-0.4, -0.2) is 5.91 Å². The van der Waals surface area contributed by atoms with Crippen molar-refractivity contribution in [3.63, 3.8) is 0 Å². The highest BCUT2D eigenvalue weighted by Crippen LogP contribution is 2.37. The molecule has 0 aliphatic heterocycles. The highest BCUT2D eigenvalue weighted by molar-refractivity contribution is 5.86. The fourth-order valence-corrected chi connectivity index (χ4v) is 3.66. The Bertz CT molecular complexity index is 623. The number of carbonyl (C=O) groups excluding carboxylic acids is 1. The van der Waals surface area contributed by atoms with Gasteiger partial charge in [0.15, 0.2) is 0 Å². The lowest BCUT2D eigenvalue weighted by atomic mass is 9.80. The zero-order valence-electron chi connectivity index (χ0n) is 12.6. The summed E-state index contributed by atoms with van der Waals surface area (Å²) in [7, 11) is 0. The van der Waals surface area contributed by atoms with Crippen molar-refractivity contribution in [1.82, 2.24) is 5.32 Å². The first-order chi connectivity index (χ1) is 10.3. The maximum atomic E-state index is 11.7. The molecule has 2 nitrogen and oxygen atoms in total. The first-order valence-corrected chi connectivity index (χ1v) is 8.00. The third kappa shape index (κ3) is 3.10. The predicted octanol–water partition coefficient (Wildman–Crippen LogP) is 4.60. The summed E-state index contributed by atoms with van der Waals surface area (Å²) in [6.07, 6.45) is 6.33. The fourth-order valence-electron chi connectivity index (χ4n) is 3.66. The third-order valence-electron chi connectivity index (χ3n) is 4.64. The van der Waals surface area contributed by atoms with Crippen LogP contribution >= 0.6 is 0 Å². The Kier molecular flexibility index (Phi) is 4.23. The second-order valence-electron chi connectivity index (χ2n) is 6.14. The van der Waals surface area contributed by atoms with Crippen molar-refractivity contribution in [2.24, 2.45) is 5.92 Å². The van der Waals surface area contributed by atoms with Gasteiger partial charge in [-0.25, -0.2) is 0 Å². The molecule has 110 valence electrons. The smallest absolute Gasteiger partial charge is 0.217 e. The molecule has 0 saturated heterocycles. The van der Waals surface area contributed by atoms with Gasteiger partial charge in [0.25, 0.3) is 0 Å². The van der Waals surface area contributed by atoms with Crippen molar-refractivity contribution in [3.8, 4) is 0 Å². The molecule has 1 unspecified atom stereocenters. The van der Waals surface area contributed by atoms with Crippen molar-refractivity contribution in [1.29, 1.82) is 0 Å². The molecule has 0 spiro atoms. The predicted molar refractivity (Wildman–Crippen MR) is 87.1 cm³/mol. The van der Waals surface area contributed by atoms with E-state index < -0.39 is 0 Å². The number of benzene rings is 2. The summed E-state index contributed by atoms with van der Waals surface area (Å²) in [6, 6.07) is 15.0. The van der Waals surface area contributed by atoms with Crippen LogP contribution in [0, 0.1) is 5.92 Å². The van der Waals surface area contributed by atoms with Crippen LogP contribution in [0.15, 0.2) is 42.5 Å². The molecule has 2 aromatic rings. The molecule has 0 heterocycles. The van der Waals surface area contributed by atoms with E-state index in [-0.39, 0.29) is 11.9 Å². The number of fused-ring (bicyclic) bond motifs is 1. The van der Waals surface area contributed by atoms with Crippen LogP contribution in [-0.2, 0) is 4.79 Å². The molecule has 0 aromatic heterocycles. The molecule has 1 aliphatic rings. The van der Waals surface area contributed by atoms with Crippen LogP contribution < -0.4 is 5.32 Å². The second kappa shape index (κ2) is 6.30. The molecule has 1 N–H and O–H groups in total. The van der Waals surface area contributed by atoms with Crippen molar-refractivity contribution in [2.45, 2.75) is 45.1 Å². The van der Waals surface area contributed by atoms with Crippen molar-refractivity contribution < 1.29 is 4.79 Å². The number of hydrogen-bond donors (Lipinski definition) is 1. The van der Waals surface area contributed by atoms with E-state index in [0.717, 1.165) is 0 Å². The minimum atomic E-state index is 0.0681. The minimum Gasteiger partial charge on any atom is -0.349 e. The van der Waals surface area contributed by atoms with Crippen LogP contribution in [0.25, 0.3) is 10.8 Å². The van der Waals surface area contributed by atoms with Gasteiger partial charge in [0.1, 0.15) is 0 Å². The van der Waals surface area contributed by atoms with Gasteiger partial charge in [0.05, 0.1) is 6.04 Å². The van der Waals surface area contributed by atoms with E-state index in [1.165, 1.54) is 48.4 Å². The van der Waals surface area contributed by atoms with Crippen LogP contribution in [0.5, 0.6) is 0 Å². The Balaban J connectivity index is 2.02. The second-order valence-corrected chi connectivity index (χ2v) is 6.14. The molecule has 3 rings (SSSR count). The van der Waals surface area contributed by atoms with Gasteiger partial charge in [-0.1, -0.05) is 61.7 Å². The molecular weight excluding hydrogens is 258 g/mol. The van der Waals surface area contributed by atoms with E-state index in [4.69, 9.17) is 0 Å². The first kappa shape index (κ1) is 14.1. The Morgan fingerprint density at radius 1 is 1.05 bits per heavy atom. The van der Waals surface area contributed by atoms with E-state index in [2.05, 4.69) is 47.8 Å². The average molecular weight is 281 g/mol. The van der Waals surface area contributed by atoms with Gasteiger partial charge >= 0.3 is 0 Å². The molecule has 1 amide bonds. The lowest BCUT2D eigenvalue weighted by molar-refractivity contribution is -0.120. The normalized spacial score (nSPS) is 17.6. The van der Waals surface area contributed by atoms with E-state index in [1.54, 1.807) is 6.92 Å². The zero-order chi connectivity index (χ0) is 14.7. The third-order valence-corrected chi connectivity index (χ3v) is 4.64. The Morgan fingerprint density at radius 2 is 1.76 bits per heavy atom. The van der Waals surface area contributed by atoms with Crippen LogP contribution in [0.1, 0.15) is 50.6 Å². The quantitative estimate of drug-likeness (QED) is 0.875. The molecule has 1 saturated carbocycles. The SMILES string of the molecule is CC(=O)NC(c1cccc2ccccc12)C1CCCCC1. The van der Waals surface area contributed by atoms with Gasteiger partial charge in [-0.15, -0.1) is 0 Å². The lowest BCUT2D eigenvalue weighted by Gasteiger charge is -2.31. The number of nitrogens with one attached hydrogen (secondary N) is 1. The number of hydrogen-bond acceptors (Lipinski definition) is 1. The van der Waals surface area contributed by atoms with Gasteiger partial charge in [-0.05, 0) is 35.1 Å². The highest BCUT2D eigenvalue weighted by atomic mass is 16.1. The molecule has 0 bridgehead atoms. The summed E-state index contributed by atoms with van der Waals surface area (Å²) >= 11 is 0. The van der Waals surface area contributed by atoms with Crippen LogP contribution in [0.4, 0.5) is 0 Å². The summed E-state index contributed by atoms with van der Waals surface area (Å²) in [5.74, 6) is 0.631. The Hall–Kier alpha value is -1.83. The van der Waals surface area contributed by atoms with Crippen molar-refractivity contribution in [3.05, 3.63) is 48.0 Å². The molecule has 1 fully saturated rings. The minimum absolute atomic E-state index is 0.0681. The molecule has 2 heteroatoms. The maximum Gasteiger partial charge on any atom is 0.217 e. The van der Waals surface area contributed by atoms with Gasteiger partial charge in [-0.2, -0.15) is 0 Å². The van der Waals surface area contributed by atoms with E-state index in [9.17, 15) is 4.79 Å². The Morgan fingerprint density at radius 3 is 2.52 bits per heavy atom. The van der Waals surface area contributed by atoms with Crippen LogP contribution in [0.2, 0.25) is 0 Å².